The van der Waals surface area contributed by atoms with E-state index in [4.69, 9.17) is 4.74 Å². The number of carbonyl (C=O) groups excluding carboxylic acids is 1. The lowest BCUT2D eigenvalue weighted by molar-refractivity contribution is -0.132. The fourth-order valence-electron chi connectivity index (χ4n) is 2.16. The summed E-state index contributed by atoms with van der Waals surface area (Å²) in [6, 6.07) is 15.7. The Balaban J connectivity index is 1.93. The van der Waals surface area contributed by atoms with Crippen LogP contribution in [-0.2, 0) is 17.8 Å². The highest BCUT2D eigenvalue weighted by atomic mass is 79.9. The number of benzene rings is 2. The Morgan fingerprint density at radius 3 is 2.41 bits per heavy atom. The van der Waals surface area contributed by atoms with Gasteiger partial charge in [0.05, 0.1) is 0 Å². The van der Waals surface area contributed by atoms with Crippen molar-refractivity contribution < 1.29 is 9.53 Å². The predicted octanol–water partition coefficient (Wildman–Crippen LogP) is 4.05. The summed E-state index contributed by atoms with van der Waals surface area (Å²) >= 11 is 3.50. The minimum absolute atomic E-state index is 0.0401. The molecule has 0 radical (unpaired) electrons. The second-order valence-corrected chi connectivity index (χ2v) is 5.95. The second kappa shape index (κ2) is 7.99. The van der Waals surface area contributed by atoms with Crippen molar-refractivity contribution >= 4 is 21.8 Å². The van der Waals surface area contributed by atoms with E-state index < -0.39 is 0 Å². The normalized spacial score (nSPS) is 10.3. The van der Waals surface area contributed by atoms with Crippen LogP contribution in [0.25, 0.3) is 0 Å². The molecule has 0 spiro atoms. The van der Waals surface area contributed by atoms with E-state index in [0.29, 0.717) is 6.54 Å². The first-order chi connectivity index (χ1) is 10.6. The first kappa shape index (κ1) is 16.6. The maximum absolute atomic E-state index is 12.2. The van der Waals surface area contributed by atoms with Gasteiger partial charge in [0.15, 0.2) is 6.61 Å². The summed E-state index contributed by atoms with van der Waals surface area (Å²) in [7, 11) is 1.79. The highest BCUT2D eigenvalue weighted by Gasteiger charge is 2.12. The van der Waals surface area contributed by atoms with Crippen LogP contribution in [0.15, 0.2) is 53.0 Å². The average molecular weight is 362 g/mol. The zero-order valence-electron chi connectivity index (χ0n) is 12.9. The molecule has 0 atom stereocenters. The maximum Gasteiger partial charge on any atom is 0.260 e. The van der Waals surface area contributed by atoms with Gasteiger partial charge in [0.25, 0.3) is 5.91 Å². The fourth-order valence-corrected chi connectivity index (χ4v) is 2.57. The molecule has 22 heavy (non-hydrogen) atoms. The highest BCUT2D eigenvalue weighted by Crippen LogP contribution is 2.19. The standard InChI is InChI=1S/C18H20BrNO2/c1-3-14-8-5-7-11-17(14)22-13-18(21)20(2)12-15-9-4-6-10-16(15)19/h4-11H,3,12-13H2,1-2H3. The van der Waals surface area contributed by atoms with E-state index in [1.807, 2.05) is 48.5 Å². The van der Waals surface area contributed by atoms with Crippen molar-refractivity contribution in [1.82, 2.24) is 4.90 Å². The van der Waals surface area contributed by atoms with Gasteiger partial charge in [0, 0.05) is 18.1 Å². The van der Waals surface area contributed by atoms with E-state index in [1.54, 1.807) is 11.9 Å². The molecule has 2 rings (SSSR count). The van der Waals surface area contributed by atoms with Crippen LogP contribution in [0.5, 0.6) is 5.75 Å². The van der Waals surface area contributed by atoms with Gasteiger partial charge < -0.3 is 9.64 Å². The summed E-state index contributed by atoms with van der Waals surface area (Å²) in [6.07, 6.45) is 0.886. The lowest BCUT2D eigenvalue weighted by atomic mass is 10.1. The van der Waals surface area contributed by atoms with Crippen molar-refractivity contribution in [3.63, 3.8) is 0 Å². The van der Waals surface area contributed by atoms with Gasteiger partial charge in [-0.25, -0.2) is 0 Å². The van der Waals surface area contributed by atoms with Crippen LogP contribution in [0.3, 0.4) is 0 Å². The number of hydrogen-bond donors (Lipinski definition) is 0. The lowest BCUT2D eigenvalue weighted by Crippen LogP contribution is -2.31. The van der Waals surface area contributed by atoms with E-state index in [0.717, 1.165) is 27.8 Å². The van der Waals surface area contributed by atoms with E-state index in [9.17, 15) is 4.79 Å². The molecule has 0 unspecified atom stereocenters. The van der Waals surface area contributed by atoms with Gasteiger partial charge in [-0.3, -0.25) is 4.79 Å². The molecular weight excluding hydrogens is 342 g/mol. The predicted molar refractivity (Wildman–Crippen MR) is 91.9 cm³/mol. The van der Waals surface area contributed by atoms with Crippen LogP contribution in [-0.4, -0.2) is 24.5 Å². The maximum atomic E-state index is 12.2. The van der Waals surface area contributed by atoms with E-state index >= 15 is 0 Å². The van der Waals surface area contributed by atoms with Gasteiger partial charge >= 0.3 is 0 Å². The van der Waals surface area contributed by atoms with Crippen LogP contribution >= 0.6 is 15.9 Å². The number of carbonyl (C=O) groups is 1. The Morgan fingerprint density at radius 1 is 1.09 bits per heavy atom. The van der Waals surface area contributed by atoms with E-state index in [1.165, 1.54) is 0 Å². The lowest BCUT2D eigenvalue weighted by Gasteiger charge is -2.19. The summed E-state index contributed by atoms with van der Waals surface area (Å²) in [5, 5.41) is 0. The second-order valence-electron chi connectivity index (χ2n) is 5.09. The van der Waals surface area contributed by atoms with Crippen LogP contribution < -0.4 is 4.74 Å². The molecule has 0 aliphatic heterocycles. The van der Waals surface area contributed by atoms with Crippen molar-refractivity contribution in [3.8, 4) is 5.75 Å². The molecule has 2 aromatic carbocycles. The zero-order chi connectivity index (χ0) is 15.9. The molecule has 0 saturated carbocycles. The molecule has 0 aromatic heterocycles. The summed E-state index contributed by atoms with van der Waals surface area (Å²) in [5.74, 6) is 0.745. The molecule has 4 heteroatoms. The molecule has 0 aliphatic carbocycles. The number of nitrogens with zero attached hydrogens (tertiary/aromatic N) is 1. The van der Waals surface area contributed by atoms with Crippen LogP contribution in [0.2, 0.25) is 0 Å². The van der Waals surface area contributed by atoms with Crippen molar-refractivity contribution in [3.05, 3.63) is 64.1 Å². The minimum atomic E-state index is -0.0401. The molecule has 1 amide bonds. The fraction of sp³-hybridized carbons (Fsp3) is 0.278. The zero-order valence-corrected chi connectivity index (χ0v) is 14.5. The molecule has 2 aromatic rings. The first-order valence-electron chi connectivity index (χ1n) is 7.30. The Kier molecular flexibility index (Phi) is 6.01. The number of amides is 1. The summed E-state index contributed by atoms with van der Waals surface area (Å²) in [4.78, 5) is 13.9. The van der Waals surface area contributed by atoms with Crippen LogP contribution in [0.4, 0.5) is 0 Å². The van der Waals surface area contributed by atoms with Gasteiger partial charge in [-0.15, -0.1) is 0 Å². The van der Waals surface area contributed by atoms with Gasteiger partial charge in [-0.2, -0.15) is 0 Å². The largest absolute Gasteiger partial charge is 0.483 e. The topological polar surface area (TPSA) is 29.5 Å². The smallest absolute Gasteiger partial charge is 0.260 e. The molecule has 0 aliphatic rings. The van der Waals surface area contributed by atoms with E-state index in [2.05, 4.69) is 22.9 Å². The quantitative estimate of drug-likeness (QED) is 0.776. The molecule has 0 heterocycles. The number of aryl methyl sites for hydroxylation is 1. The van der Waals surface area contributed by atoms with Crippen molar-refractivity contribution in [2.24, 2.45) is 0 Å². The Bertz CT molecular complexity index is 642. The number of likely N-dealkylation sites (N-methyl/N-ethyl adjacent to an activating group) is 1. The van der Waals surface area contributed by atoms with Gasteiger partial charge in [-0.1, -0.05) is 59.3 Å². The third-order valence-electron chi connectivity index (χ3n) is 3.50. The average Bonchev–Trinajstić information content (AvgIpc) is 2.54. The number of halogens is 1. The molecule has 0 saturated heterocycles. The number of rotatable bonds is 6. The molecule has 0 fully saturated rings. The van der Waals surface area contributed by atoms with Gasteiger partial charge in [0.1, 0.15) is 5.75 Å². The van der Waals surface area contributed by atoms with E-state index in [-0.39, 0.29) is 12.5 Å². The Labute approximate surface area is 140 Å². The number of para-hydroxylation sites is 1. The third-order valence-corrected chi connectivity index (χ3v) is 4.27. The number of hydrogen-bond acceptors (Lipinski definition) is 2. The third kappa shape index (κ3) is 4.34. The van der Waals surface area contributed by atoms with Crippen molar-refractivity contribution in [2.75, 3.05) is 13.7 Å². The molecular formula is C18H20BrNO2. The van der Waals surface area contributed by atoms with Crippen molar-refractivity contribution in [1.29, 1.82) is 0 Å². The summed E-state index contributed by atoms with van der Waals surface area (Å²) in [5.41, 5.74) is 2.19. The van der Waals surface area contributed by atoms with Gasteiger partial charge in [0.2, 0.25) is 0 Å². The van der Waals surface area contributed by atoms with Crippen molar-refractivity contribution in [2.45, 2.75) is 19.9 Å². The molecule has 0 N–H and O–H groups in total. The molecule has 0 bridgehead atoms. The molecule has 3 nitrogen and oxygen atoms in total. The van der Waals surface area contributed by atoms with Crippen LogP contribution in [0, 0.1) is 0 Å². The monoisotopic (exact) mass is 361 g/mol. The number of ether oxygens (including phenoxy) is 1. The Morgan fingerprint density at radius 2 is 1.73 bits per heavy atom. The summed E-state index contributed by atoms with van der Waals surface area (Å²) < 4.78 is 6.68. The SMILES string of the molecule is CCc1ccccc1OCC(=O)N(C)Cc1ccccc1Br. The Hall–Kier alpha value is -1.81. The first-order valence-corrected chi connectivity index (χ1v) is 8.09. The van der Waals surface area contributed by atoms with Crippen LogP contribution in [0.1, 0.15) is 18.1 Å². The minimum Gasteiger partial charge on any atom is -0.483 e. The highest BCUT2D eigenvalue weighted by molar-refractivity contribution is 9.10. The molecule has 116 valence electrons. The summed E-state index contributed by atoms with van der Waals surface area (Å²) in [6.45, 7) is 2.68. The van der Waals surface area contributed by atoms with Gasteiger partial charge in [-0.05, 0) is 29.7 Å².